The number of rotatable bonds is 4. The Morgan fingerprint density at radius 3 is 2.64 bits per heavy atom. The maximum atomic E-state index is 12.3. The van der Waals surface area contributed by atoms with Crippen LogP contribution in [0.1, 0.15) is 22.3 Å². The van der Waals surface area contributed by atoms with Crippen LogP contribution in [0.2, 0.25) is 0 Å². The number of para-hydroxylation sites is 1. The Hall–Kier alpha value is -3.74. The molecular formula is C21H16N2O5. The molecule has 28 heavy (non-hydrogen) atoms. The second kappa shape index (κ2) is 7.48. The molecule has 1 aliphatic rings. The molecule has 1 aromatic heterocycles. The topological polar surface area (TPSA) is 89.2 Å². The predicted octanol–water partition coefficient (Wildman–Crippen LogP) is 2.59. The monoisotopic (exact) mass is 376 g/mol. The molecular weight excluding hydrogens is 360 g/mol. The third-order valence-corrected chi connectivity index (χ3v) is 4.38. The first-order valence-electron chi connectivity index (χ1n) is 8.75. The molecule has 0 spiro atoms. The zero-order chi connectivity index (χ0) is 19.5. The molecule has 2 aromatic carbocycles. The largest absolute Gasteiger partial charge is 0.452 e. The molecule has 0 radical (unpaired) electrons. The second-order valence-corrected chi connectivity index (χ2v) is 6.24. The minimum absolute atomic E-state index is 0.249. The number of amides is 1. The van der Waals surface area contributed by atoms with Crippen LogP contribution in [0.3, 0.4) is 0 Å². The molecule has 7 nitrogen and oxygen atoms in total. The van der Waals surface area contributed by atoms with E-state index < -0.39 is 24.1 Å². The number of carbonyl (C=O) groups is 2. The highest BCUT2D eigenvalue weighted by Crippen LogP contribution is 2.15. The standard InChI is InChI=1S/C21H16N2O5/c24-19(23-11-10-17(22-23)14-6-2-1-3-7-14)13-27-20(25)16-12-15-8-4-5-9-18(15)28-21(16)26/h1-9,12H,10-11,13H2. The van der Waals surface area contributed by atoms with Crippen molar-refractivity contribution in [2.75, 3.05) is 13.2 Å². The van der Waals surface area contributed by atoms with Crippen LogP contribution in [0.5, 0.6) is 0 Å². The van der Waals surface area contributed by atoms with Crippen molar-refractivity contribution in [3.63, 3.8) is 0 Å². The first kappa shape index (κ1) is 17.7. The van der Waals surface area contributed by atoms with Crippen LogP contribution in [-0.4, -0.2) is 35.7 Å². The van der Waals surface area contributed by atoms with Gasteiger partial charge in [0.2, 0.25) is 0 Å². The Labute approximate surface area is 159 Å². The predicted molar refractivity (Wildman–Crippen MR) is 102 cm³/mol. The summed E-state index contributed by atoms with van der Waals surface area (Å²) in [4.78, 5) is 36.5. The quantitative estimate of drug-likeness (QED) is 0.516. The molecule has 0 atom stereocenters. The molecule has 2 heterocycles. The van der Waals surface area contributed by atoms with Crippen LogP contribution in [0, 0.1) is 0 Å². The summed E-state index contributed by atoms with van der Waals surface area (Å²) in [6.45, 7) is -0.0879. The lowest BCUT2D eigenvalue weighted by Crippen LogP contribution is -2.29. The summed E-state index contributed by atoms with van der Waals surface area (Å²) < 4.78 is 10.1. The minimum atomic E-state index is -0.903. The average molecular weight is 376 g/mol. The van der Waals surface area contributed by atoms with Crippen LogP contribution < -0.4 is 5.63 Å². The fraction of sp³-hybridized carbons (Fsp3) is 0.143. The van der Waals surface area contributed by atoms with Gasteiger partial charge >= 0.3 is 11.6 Å². The number of carbonyl (C=O) groups excluding carboxylic acids is 2. The zero-order valence-electron chi connectivity index (χ0n) is 14.8. The molecule has 140 valence electrons. The molecule has 0 unspecified atom stereocenters. The molecule has 0 saturated heterocycles. The number of hydrogen-bond acceptors (Lipinski definition) is 6. The van der Waals surface area contributed by atoms with Gasteiger partial charge in [-0.3, -0.25) is 4.79 Å². The SMILES string of the molecule is O=C(OCC(=O)N1CCC(c2ccccc2)=N1)c1cc2ccccc2oc1=O. The number of esters is 1. The smallest absolute Gasteiger partial charge is 0.351 e. The highest BCUT2D eigenvalue weighted by atomic mass is 16.5. The third kappa shape index (κ3) is 3.55. The van der Waals surface area contributed by atoms with Gasteiger partial charge in [-0.05, 0) is 17.7 Å². The number of hydrazone groups is 1. The van der Waals surface area contributed by atoms with E-state index >= 15 is 0 Å². The molecule has 0 saturated carbocycles. The number of hydrogen-bond donors (Lipinski definition) is 0. The summed E-state index contributed by atoms with van der Waals surface area (Å²) in [6, 6.07) is 17.8. The van der Waals surface area contributed by atoms with Gasteiger partial charge in [-0.15, -0.1) is 0 Å². The fourth-order valence-electron chi connectivity index (χ4n) is 2.95. The molecule has 1 amide bonds. The fourth-order valence-corrected chi connectivity index (χ4v) is 2.95. The van der Waals surface area contributed by atoms with Crippen molar-refractivity contribution in [3.8, 4) is 0 Å². The van der Waals surface area contributed by atoms with E-state index in [-0.39, 0.29) is 5.56 Å². The van der Waals surface area contributed by atoms with Crippen molar-refractivity contribution in [2.24, 2.45) is 5.10 Å². The Morgan fingerprint density at radius 2 is 1.82 bits per heavy atom. The van der Waals surface area contributed by atoms with E-state index in [9.17, 15) is 14.4 Å². The van der Waals surface area contributed by atoms with E-state index in [1.165, 1.54) is 11.1 Å². The summed E-state index contributed by atoms with van der Waals surface area (Å²) >= 11 is 0. The van der Waals surface area contributed by atoms with Crippen molar-refractivity contribution < 1.29 is 18.7 Å². The van der Waals surface area contributed by atoms with Crippen molar-refractivity contribution in [2.45, 2.75) is 6.42 Å². The molecule has 4 rings (SSSR count). The molecule has 0 bridgehead atoms. The van der Waals surface area contributed by atoms with Gasteiger partial charge in [0.1, 0.15) is 11.1 Å². The number of fused-ring (bicyclic) bond motifs is 1. The van der Waals surface area contributed by atoms with Crippen molar-refractivity contribution >= 4 is 28.6 Å². The van der Waals surface area contributed by atoms with Crippen LogP contribution in [0.4, 0.5) is 0 Å². The molecule has 1 aliphatic heterocycles. The maximum absolute atomic E-state index is 12.3. The Balaban J connectivity index is 1.43. The average Bonchev–Trinajstić information content (AvgIpc) is 3.22. The Kier molecular flexibility index (Phi) is 4.72. The van der Waals surface area contributed by atoms with Crippen molar-refractivity contribution in [1.29, 1.82) is 0 Å². The van der Waals surface area contributed by atoms with E-state index in [0.717, 1.165) is 11.3 Å². The van der Waals surface area contributed by atoms with Gasteiger partial charge in [0.05, 0.1) is 12.3 Å². The maximum Gasteiger partial charge on any atom is 0.351 e. The summed E-state index contributed by atoms with van der Waals surface area (Å²) in [5.41, 5.74) is 1.07. The van der Waals surface area contributed by atoms with Gasteiger partial charge in [-0.1, -0.05) is 48.5 Å². The highest BCUT2D eigenvalue weighted by molar-refractivity contribution is 6.02. The van der Waals surface area contributed by atoms with Gasteiger partial charge in [0.25, 0.3) is 5.91 Å². The van der Waals surface area contributed by atoms with E-state index in [0.29, 0.717) is 23.9 Å². The normalized spacial score (nSPS) is 13.4. The third-order valence-electron chi connectivity index (χ3n) is 4.38. The van der Waals surface area contributed by atoms with Crippen molar-refractivity contribution in [3.05, 3.63) is 82.2 Å². The van der Waals surface area contributed by atoms with Crippen LogP contribution in [-0.2, 0) is 9.53 Å². The first-order valence-corrected chi connectivity index (χ1v) is 8.75. The van der Waals surface area contributed by atoms with E-state index in [2.05, 4.69) is 5.10 Å². The van der Waals surface area contributed by atoms with Gasteiger partial charge in [0, 0.05) is 11.8 Å². The van der Waals surface area contributed by atoms with Gasteiger partial charge < -0.3 is 9.15 Å². The molecule has 0 aliphatic carbocycles. The van der Waals surface area contributed by atoms with Gasteiger partial charge in [-0.25, -0.2) is 14.6 Å². The number of ether oxygens (including phenoxy) is 1. The van der Waals surface area contributed by atoms with E-state index in [1.807, 2.05) is 30.3 Å². The second-order valence-electron chi connectivity index (χ2n) is 6.24. The van der Waals surface area contributed by atoms with E-state index in [4.69, 9.17) is 9.15 Å². The zero-order valence-corrected chi connectivity index (χ0v) is 14.8. The Morgan fingerprint density at radius 1 is 1.07 bits per heavy atom. The number of benzene rings is 2. The van der Waals surface area contributed by atoms with Crippen molar-refractivity contribution in [1.82, 2.24) is 5.01 Å². The molecule has 3 aromatic rings. The highest BCUT2D eigenvalue weighted by Gasteiger charge is 2.23. The van der Waals surface area contributed by atoms with Gasteiger partial charge in [-0.2, -0.15) is 5.10 Å². The van der Waals surface area contributed by atoms with Crippen LogP contribution in [0.25, 0.3) is 11.0 Å². The van der Waals surface area contributed by atoms with Crippen LogP contribution >= 0.6 is 0 Å². The lowest BCUT2D eigenvalue weighted by molar-refractivity contribution is -0.134. The molecule has 0 N–H and O–H groups in total. The molecule has 0 fully saturated rings. The minimum Gasteiger partial charge on any atom is -0.452 e. The summed E-state index contributed by atoms with van der Waals surface area (Å²) in [5, 5.41) is 6.17. The van der Waals surface area contributed by atoms with E-state index in [1.54, 1.807) is 24.3 Å². The first-order chi connectivity index (χ1) is 13.6. The lowest BCUT2D eigenvalue weighted by atomic mass is 10.1. The lowest BCUT2D eigenvalue weighted by Gasteiger charge is -2.11. The summed E-state index contributed by atoms with van der Waals surface area (Å²) in [7, 11) is 0. The molecule has 7 heteroatoms. The summed E-state index contributed by atoms with van der Waals surface area (Å²) in [6.07, 6.45) is 0.623. The summed E-state index contributed by atoms with van der Waals surface area (Å²) in [5.74, 6) is -1.36. The number of nitrogens with zero attached hydrogens (tertiary/aromatic N) is 2. The van der Waals surface area contributed by atoms with Gasteiger partial charge in [0.15, 0.2) is 6.61 Å². The van der Waals surface area contributed by atoms with Crippen LogP contribution in [0.15, 0.2) is 75.0 Å². The Bertz CT molecular complexity index is 1130.